The number of amides is 1. The highest BCUT2D eigenvalue weighted by molar-refractivity contribution is 6.31. The highest BCUT2D eigenvalue weighted by atomic mass is 35.5. The Bertz CT molecular complexity index is 1190. The van der Waals surface area contributed by atoms with Gasteiger partial charge in [0.05, 0.1) is 0 Å². The van der Waals surface area contributed by atoms with Gasteiger partial charge < -0.3 is 20.4 Å². The molecule has 0 fully saturated rings. The molecule has 160 valence electrons. The number of primary amides is 1. The van der Waals surface area contributed by atoms with Crippen LogP contribution in [0.1, 0.15) is 24.8 Å². The molecule has 0 aliphatic rings. The maximum absolute atomic E-state index is 12.6. The van der Waals surface area contributed by atoms with Crippen molar-refractivity contribution in [3.63, 3.8) is 0 Å². The number of carbonyl (C=O) groups excluding carboxylic acids is 3. The summed E-state index contributed by atoms with van der Waals surface area (Å²) in [7, 11) is 0. The molecule has 1 aromatic heterocycles. The normalized spacial score (nSPS) is 12.8. The molecule has 2 atom stereocenters. The van der Waals surface area contributed by atoms with Crippen LogP contribution < -0.4 is 5.73 Å². The molecule has 10 heteroatoms. The first-order valence-electron chi connectivity index (χ1n) is 9.16. The third-order valence-corrected chi connectivity index (χ3v) is 4.86. The van der Waals surface area contributed by atoms with Gasteiger partial charge in [0.1, 0.15) is 28.8 Å². The number of halogens is 1. The third-order valence-electron chi connectivity index (χ3n) is 4.62. The number of aldehydes is 1. The van der Waals surface area contributed by atoms with Crippen LogP contribution in [0.15, 0.2) is 48.6 Å². The Hall–Kier alpha value is -3.72. The zero-order chi connectivity index (χ0) is 22.7. The quantitative estimate of drug-likeness (QED) is 0.404. The summed E-state index contributed by atoms with van der Waals surface area (Å²) in [5.41, 5.74) is 6.96. The molecule has 0 bridgehead atoms. The fourth-order valence-corrected chi connectivity index (χ4v) is 3.32. The first-order valence-corrected chi connectivity index (χ1v) is 9.54. The van der Waals surface area contributed by atoms with Crippen LogP contribution >= 0.6 is 11.6 Å². The molecule has 3 rings (SSSR count). The number of aromatic hydroxyl groups is 1. The Labute approximate surface area is 182 Å². The van der Waals surface area contributed by atoms with Crippen molar-refractivity contribution in [1.29, 1.82) is 0 Å². The topological polar surface area (TPSA) is 137 Å². The lowest BCUT2D eigenvalue weighted by Crippen LogP contribution is -2.36. The van der Waals surface area contributed by atoms with Gasteiger partial charge >= 0.3 is 6.09 Å². The summed E-state index contributed by atoms with van der Waals surface area (Å²) in [6, 6.07) is 9.35. The fraction of sp³-hybridized carbons (Fsp3) is 0.190. The molecule has 31 heavy (non-hydrogen) atoms. The predicted molar refractivity (Wildman–Crippen MR) is 113 cm³/mol. The Morgan fingerprint density at radius 3 is 2.61 bits per heavy atom. The standard InChI is InChI=1S/C21H19ClN4O5/c1-11(2)19(29)20(31-21(23)30)14(7-8-27)12-3-6-18(28)17(9-12)26-24-15-5-4-13(22)10-16(15)25-26/h3-6,8-10,14,20,28H,1,7H2,2H3,(H2,23,30). The van der Waals surface area contributed by atoms with E-state index >= 15 is 0 Å². The minimum Gasteiger partial charge on any atom is -0.506 e. The molecule has 3 aromatic rings. The maximum Gasteiger partial charge on any atom is 0.405 e. The van der Waals surface area contributed by atoms with E-state index in [1.807, 2.05) is 0 Å². The van der Waals surface area contributed by atoms with Crippen molar-refractivity contribution in [3.05, 3.63) is 59.1 Å². The van der Waals surface area contributed by atoms with Crippen LogP contribution in [0.25, 0.3) is 16.7 Å². The molecule has 0 aliphatic heterocycles. The van der Waals surface area contributed by atoms with Crippen molar-refractivity contribution in [2.24, 2.45) is 5.73 Å². The van der Waals surface area contributed by atoms with E-state index in [9.17, 15) is 19.5 Å². The summed E-state index contributed by atoms with van der Waals surface area (Å²) in [5, 5.41) is 19.5. The van der Waals surface area contributed by atoms with Gasteiger partial charge in [0.15, 0.2) is 11.9 Å². The molecule has 1 amide bonds. The SMILES string of the molecule is C=C(C)C(=O)C(OC(N)=O)C(CC=O)c1ccc(O)c(-n2nc3ccc(Cl)cc3n2)c1. The van der Waals surface area contributed by atoms with Crippen molar-refractivity contribution >= 4 is 40.8 Å². The van der Waals surface area contributed by atoms with Crippen LogP contribution in [-0.4, -0.2) is 44.4 Å². The predicted octanol–water partition coefficient (Wildman–Crippen LogP) is 3.06. The molecular formula is C21H19ClN4O5. The number of nitrogens with zero attached hydrogens (tertiary/aromatic N) is 3. The lowest BCUT2D eigenvalue weighted by atomic mass is 9.86. The van der Waals surface area contributed by atoms with E-state index in [0.29, 0.717) is 27.9 Å². The number of hydrogen-bond donors (Lipinski definition) is 2. The van der Waals surface area contributed by atoms with Crippen molar-refractivity contribution in [3.8, 4) is 11.4 Å². The number of benzene rings is 2. The van der Waals surface area contributed by atoms with E-state index < -0.39 is 23.9 Å². The van der Waals surface area contributed by atoms with Crippen LogP contribution in [0.4, 0.5) is 4.79 Å². The van der Waals surface area contributed by atoms with Crippen LogP contribution in [0.2, 0.25) is 5.02 Å². The molecule has 0 radical (unpaired) electrons. The minimum absolute atomic E-state index is 0.137. The average Bonchev–Trinajstić information content (AvgIpc) is 3.13. The summed E-state index contributed by atoms with van der Waals surface area (Å²) in [6.45, 7) is 5.05. The number of hydrogen-bond acceptors (Lipinski definition) is 7. The second-order valence-electron chi connectivity index (χ2n) is 6.88. The Morgan fingerprint density at radius 1 is 1.26 bits per heavy atom. The number of aromatic nitrogens is 3. The van der Waals surface area contributed by atoms with Crippen molar-refractivity contribution in [1.82, 2.24) is 15.0 Å². The van der Waals surface area contributed by atoms with Crippen molar-refractivity contribution < 1.29 is 24.2 Å². The fourth-order valence-electron chi connectivity index (χ4n) is 3.15. The van der Waals surface area contributed by atoms with Crippen molar-refractivity contribution in [2.45, 2.75) is 25.4 Å². The van der Waals surface area contributed by atoms with E-state index in [4.69, 9.17) is 22.1 Å². The number of phenols is 1. The Morgan fingerprint density at radius 2 is 1.97 bits per heavy atom. The summed E-state index contributed by atoms with van der Waals surface area (Å²) < 4.78 is 5.03. The van der Waals surface area contributed by atoms with Gasteiger partial charge in [0.25, 0.3) is 0 Å². The van der Waals surface area contributed by atoms with Crippen LogP contribution in [0.5, 0.6) is 5.75 Å². The molecule has 0 aliphatic carbocycles. The molecule has 1 heterocycles. The van der Waals surface area contributed by atoms with Gasteiger partial charge in [-0.1, -0.05) is 24.2 Å². The number of nitrogens with two attached hydrogens (primary N) is 1. The lowest BCUT2D eigenvalue weighted by Gasteiger charge is -2.25. The summed E-state index contributed by atoms with van der Waals surface area (Å²) in [4.78, 5) is 36.6. The minimum atomic E-state index is -1.36. The van der Waals surface area contributed by atoms with E-state index in [1.54, 1.807) is 18.2 Å². The number of Topliss-reactive ketones (excluding diaryl/α,β-unsaturated/α-hetero) is 1. The molecule has 0 saturated heterocycles. The molecule has 0 saturated carbocycles. The first kappa shape index (κ1) is 22.0. The van der Waals surface area contributed by atoms with Gasteiger partial charge in [0, 0.05) is 17.4 Å². The van der Waals surface area contributed by atoms with E-state index in [2.05, 4.69) is 16.8 Å². The second kappa shape index (κ2) is 8.97. The van der Waals surface area contributed by atoms with Gasteiger partial charge in [0.2, 0.25) is 0 Å². The molecular weight excluding hydrogens is 424 g/mol. The maximum atomic E-state index is 12.6. The zero-order valence-corrected chi connectivity index (χ0v) is 17.2. The monoisotopic (exact) mass is 442 g/mol. The van der Waals surface area contributed by atoms with E-state index in [1.165, 1.54) is 29.9 Å². The summed E-state index contributed by atoms with van der Waals surface area (Å²) in [6.07, 6.45) is -2.07. The molecule has 2 unspecified atom stereocenters. The smallest absolute Gasteiger partial charge is 0.405 e. The number of ether oxygens (including phenoxy) is 1. The molecule has 3 N–H and O–H groups in total. The number of ketones is 1. The third kappa shape index (κ3) is 4.72. The van der Waals surface area contributed by atoms with Gasteiger partial charge in [-0.15, -0.1) is 15.0 Å². The first-order chi connectivity index (χ1) is 14.7. The van der Waals surface area contributed by atoms with E-state index in [-0.39, 0.29) is 23.4 Å². The number of rotatable bonds is 8. The van der Waals surface area contributed by atoms with E-state index in [0.717, 1.165) is 0 Å². The van der Waals surface area contributed by atoms with Crippen LogP contribution in [0, 0.1) is 0 Å². The van der Waals surface area contributed by atoms with Gasteiger partial charge in [-0.25, -0.2) is 4.79 Å². The summed E-state index contributed by atoms with van der Waals surface area (Å²) in [5.74, 6) is -1.58. The number of fused-ring (bicyclic) bond motifs is 1. The van der Waals surface area contributed by atoms with Gasteiger partial charge in [-0.05, 0) is 48.4 Å². The van der Waals surface area contributed by atoms with Crippen LogP contribution in [0.3, 0.4) is 0 Å². The number of phenolic OH excluding ortho intramolecular Hbond substituents is 1. The van der Waals surface area contributed by atoms with Crippen LogP contribution in [-0.2, 0) is 14.3 Å². The molecule has 0 spiro atoms. The largest absolute Gasteiger partial charge is 0.506 e. The highest BCUT2D eigenvalue weighted by Gasteiger charge is 2.33. The average molecular weight is 443 g/mol. The van der Waals surface area contributed by atoms with Gasteiger partial charge in [-0.2, -0.15) is 0 Å². The number of carbonyl (C=O) groups is 3. The Kier molecular flexibility index (Phi) is 6.36. The highest BCUT2D eigenvalue weighted by Crippen LogP contribution is 2.32. The summed E-state index contributed by atoms with van der Waals surface area (Å²) >= 11 is 5.99. The van der Waals surface area contributed by atoms with Gasteiger partial charge in [-0.3, -0.25) is 4.79 Å². The zero-order valence-electron chi connectivity index (χ0n) is 16.5. The molecule has 2 aromatic carbocycles. The molecule has 9 nitrogen and oxygen atoms in total. The van der Waals surface area contributed by atoms with Crippen molar-refractivity contribution in [2.75, 3.05) is 0 Å². The second-order valence-corrected chi connectivity index (χ2v) is 7.32. The Balaban J connectivity index is 2.10. The lowest BCUT2D eigenvalue weighted by molar-refractivity contribution is -0.124.